The highest BCUT2D eigenvalue weighted by Crippen LogP contribution is 2.24. The van der Waals surface area contributed by atoms with Crippen LogP contribution in [0.3, 0.4) is 0 Å². The Hall–Kier alpha value is -2.11. The van der Waals surface area contributed by atoms with E-state index < -0.39 is 23.9 Å². The van der Waals surface area contributed by atoms with Gasteiger partial charge in [-0.25, -0.2) is 14.0 Å². The summed E-state index contributed by atoms with van der Waals surface area (Å²) in [6.07, 6.45) is -1.25. The fraction of sp³-hybridized carbons (Fsp3) is 0.273. The van der Waals surface area contributed by atoms with Crippen molar-refractivity contribution in [3.63, 3.8) is 0 Å². The number of rotatable bonds is 1. The zero-order valence-corrected chi connectivity index (χ0v) is 8.76. The predicted molar refractivity (Wildman–Crippen MR) is 55.1 cm³/mol. The molecule has 1 heterocycles. The first kappa shape index (κ1) is 11.4. The third-order valence-corrected chi connectivity index (χ3v) is 2.83. The highest BCUT2D eigenvalue weighted by atomic mass is 19.1. The van der Waals surface area contributed by atoms with Gasteiger partial charge in [-0.15, -0.1) is 0 Å². The second kappa shape index (κ2) is 4.04. The molecular weight excluding hydrogens is 229 g/mol. The molecule has 1 aromatic carbocycles. The van der Waals surface area contributed by atoms with Gasteiger partial charge in [0.25, 0.3) is 0 Å². The van der Waals surface area contributed by atoms with Gasteiger partial charge in [-0.05, 0) is 23.3 Å². The average molecular weight is 239 g/mol. The maximum absolute atomic E-state index is 13.0. The van der Waals surface area contributed by atoms with Gasteiger partial charge in [-0.3, -0.25) is 4.90 Å². The molecule has 2 N–H and O–H groups in total. The first-order valence-electron chi connectivity index (χ1n) is 4.98. The molecule has 5 nitrogen and oxygen atoms in total. The van der Waals surface area contributed by atoms with Crippen molar-refractivity contribution in [2.24, 2.45) is 0 Å². The molecule has 0 radical (unpaired) electrons. The van der Waals surface area contributed by atoms with Crippen molar-refractivity contribution in [1.29, 1.82) is 0 Å². The lowest BCUT2D eigenvalue weighted by molar-refractivity contribution is -0.143. The van der Waals surface area contributed by atoms with E-state index in [0.29, 0.717) is 11.1 Å². The monoisotopic (exact) mass is 239 g/mol. The lowest BCUT2D eigenvalue weighted by Crippen LogP contribution is -2.48. The van der Waals surface area contributed by atoms with Gasteiger partial charge >= 0.3 is 12.1 Å². The SMILES string of the molecule is O=C(O)C1Cc2ccc(F)cc2CN1C(=O)O. The Labute approximate surface area is 96.1 Å². The van der Waals surface area contributed by atoms with Crippen molar-refractivity contribution >= 4 is 12.1 Å². The van der Waals surface area contributed by atoms with E-state index in [9.17, 15) is 14.0 Å². The van der Waals surface area contributed by atoms with E-state index in [1.54, 1.807) is 0 Å². The van der Waals surface area contributed by atoms with Crippen molar-refractivity contribution in [1.82, 2.24) is 4.90 Å². The number of carbonyl (C=O) groups is 2. The summed E-state index contributed by atoms with van der Waals surface area (Å²) in [5.74, 6) is -1.65. The molecule has 1 aliphatic rings. The first-order chi connectivity index (χ1) is 7.99. The number of fused-ring (bicyclic) bond motifs is 1. The number of amides is 1. The number of carboxylic acids is 1. The Morgan fingerprint density at radius 1 is 1.29 bits per heavy atom. The van der Waals surface area contributed by atoms with Crippen molar-refractivity contribution in [2.45, 2.75) is 19.0 Å². The molecule has 2 rings (SSSR count). The number of hydrogen-bond acceptors (Lipinski definition) is 2. The minimum Gasteiger partial charge on any atom is -0.480 e. The Bertz CT molecular complexity index is 488. The molecule has 0 aromatic heterocycles. The fourth-order valence-electron chi connectivity index (χ4n) is 1.97. The molecule has 0 saturated carbocycles. The van der Waals surface area contributed by atoms with E-state index >= 15 is 0 Å². The maximum atomic E-state index is 13.0. The zero-order chi connectivity index (χ0) is 12.6. The summed E-state index contributed by atoms with van der Waals surface area (Å²) in [6, 6.07) is 2.88. The van der Waals surface area contributed by atoms with Crippen LogP contribution < -0.4 is 0 Å². The highest BCUT2D eigenvalue weighted by Gasteiger charge is 2.34. The lowest BCUT2D eigenvalue weighted by atomic mass is 9.94. The Kier molecular flexibility index (Phi) is 2.71. The minimum atomic E-state index is -1.31. The standard InChI is InChI=1S/C11H10FNO4/c12-8-2-1-6-4-9(10(14)15)13(11(16)17)5-7(6)3-8/h1-3,9H,4-5H2,(H,14,15)(H,16,17). The molecule has 1 aliphatic heterocycles. The van der Waals surface area contributed by atoms with E-state index in [1.165, 1.54) is 18.2 Å². The van der Waals surface area contributed by atoms with Gasteiger partial charge in [0.05, 0.1) is 6.54 Å². The Morgan fingerprint density at radius 3 is 2.59 bits per heavy atom. The number of halogens is 1. The average Bonchev–Trinajstić information content (AvgIpc) is 2.26. The minimum absolute atomic E-state index is 0.0667. The van der Waals surface area contributed by atoms with Gasteiger partial charge in [-0.2, -0.15) is 0 Å². The molecule has 1 amide bonds. The summed E-state index contributed by atoms with van der Waals surface area (Å²) in [4.78, 5) is 22.7. The summed E-state index contributed by atoms with van der Waals surface area (Å²) in [7, 11) is 0. The quantitative estimate of drug-likeness (QED) is 0.774. The molecule has 1 atom stereocenters. The molecule has 0 fully saturated rings. The molecular formula is C11H10FNO4. The molecule has 0 aliphatic carbocycles. The van der Waals surface area contributed by atoms with E-state index in [1.807, 2.05) is 0 Å². The Morgan fingerprint density at radius 2 is 2.00 bits per heavy atom. The number of nitrogens with zero attached hydrogens (tertiary/aromatic N) is 1. The second-order valence-corrected chi connectivity index (χ2v) is 3.88. The van der Waals surface area contributed by atoms with Crippen molar-refractivity contribution in [3.8, 4) is 0 Å². The summed E-state index contributed by atoms with van der Waals surface area (Å²) >= 11 is 0. The van der Waals surface area contributed by atoms with Gasteiger partial charge in [0.15, 0.2) is 0 Å². The van der Waals surface area contributed by atoms with Crippen molar-refractivity contribution < 1.29 is 24.2 Å². The van der Waals surface area contributed by atoms with Gasteiger partial charge in [-0.1, -0.05) is 6.07 Å². The molecule has 0 bridgehead atoms. The van der Waals surface area contributed by atoms with Gasteiger partial charge in [0.1, 0.15) is 11.9 Å². The van der Waals surface area contributed by atoms with Crippen LogP contribution in [0.5, 0.6) is 0 Å². The van der Waals surface area contributed by atoms with Crippen LogP contribution in [-0.2, 0) is 17.8 Å². The van der Waals surface area contributed by atoms with Crippen LogP contribution in [0, 0.1) is 5.82 Å². The van der Waals surface area contributed by atoms with Crippen LogP contribution in [-0.4, -0.2) is 33.2 Å². The molecule has 0 saturated heterocycles. The normalized spacial score (nSPS) is 18.6. The van der Waals surface area contributed by atoms with Crippen LogP contribution in [0.15, 0.2) is 18.2 Å². The first-order valence-corrected chi connectivity index (χ1v) is 4.98. The van der Waals surface area contributed by atoms with Crippen molar-refractivity contribution in [3.05, 3.63) is 35.1 Å². The predicted octanol–water partition coefficient (Wildman–Crippen LogP) is 1.32. The molecule has 6 heteroatoms. The van der Waals surface area contributed by atoms with E-state index in [-0.39, 0.29) is 13.0 Å². The maximum Gasteiger partial charge on any atom is 0.408 e. The molecule has 0 spiro atoms. The largest absolute Gasteiger partial charge is 0.480 e. The van der Waals surface area contributed by atoms with Crippen LogP contribution >= 0.6 is 0 Å². The number of aliphatic carboxylic acids is 1. The highest BCUT2D eigenvalue weighted by molar-refractivity contribution is 5.80. The molecule has 1 aromatic rings. The van der Waals surface area contributed by atoms with E-state index in [4.69, 9.17) is 10.2 Å². The molecule has 17 heavy (non-hydrogen) atoms. The van der Waals surface area contributed by atoms with Crippen molar-refractivity contribution in [2.75, 3.05) is 0 Å². The number of hydrogen-bond donors (Lipinski definition) is 2. The third-order valence-electron chi connectivity index (χ3n) is 2.83. The third kappa shape index (κ3) is 2.06. The summed E-state index contributed by atoms with van der Waals surface area (Å²) in [6.45, 7) is -0.0978. The van der Waals surface area contributed by atoms with Gasteiger partial charge in [0, 0.05) is 6.42 Å². The second-order valence-electron chi connectivity index (χ2n) is 3.88. The zero-order valence-electron chi connectivity index (χ0n) is 8.76. The van der Waals surface area contributed by atoms with Gasteiger partial charge < -0.3 is 10.2 Å². The summed E-state index contributed by atoms with van der Waals surface area (Å²) in [5.41, 5.74) is 1.20. The van der Waals surface area contributed by atoms with Crippen LogP contribution in [0.2, 0.25) is 0 Å². The van der Waals surface area contributed by atoms with E-state index in [0.717, 1.165) is 4.90 Å². The van der Waals surface area contributed by atoms with Gasteiger partial charge in [0.2, 0.25) is 0 Å². The topological polar surface area (TPSA) is 77.8 Å². The number of carboxylic acid groups (broad SMARTS) is 2. The fourth-order valence-corrected chi connectivity index (χ4v) is 1.97. The Balaban J connectivity index is 2.39. The van der Waals surface area contributed by atoms with Crippen LogP contribution in [0.4, 0.5) is 9.18 Å². The van der Waals surface area contributed by atoms with Crippen LogP contribution in [0.1, 0.15) is 11.1 Å². The summed E-state index contributed by atoms with van der Waals surface area (Å²) in [5, 5.41) is 17.9. The lowest BCUT2D eigenvalue weighted by Gasteiger charge is -2.32. The number of benzene rings is 1. The molecule has 90 valence electrons. The van der Waals surface area contributed by atoms with E-state index in [2.05, 4.69) is 0 Å². The van der Waals surface area contributed by atoms with Crippen LogP contribution in [0.25, 0.3) is 0 Å². The smallest absolute Gasteiger partial charge is 0.408 e. The summed E-state index contributed by atoms with van der Waals surface area (Å²) < 4.78 is 13.0. The molecule has 1 unspecified atom stereocenters.